The van der Waals surface area contributed by atoms with Crippen molar-refractivity contribution in [2.75, 3.05) is 13.1 Å². The van der Waals surface area contributed by atoms with Crippen LogP contribution in [0.2, 0.25) is 0 Å². The van der Waals surface area contributed by atoms with Crippen molar-refractivity contribution in [1.82, 2.24) is 5.32 Å². The Bertz CT molecular complexity index is 418. The third-order valence-corrected chi connectivity index (χ3v) is 3.13. The molecule has 0 aliphatic carbocycles. The number of nitrogens with one attached hydrogen (secondary N) is 1. The Hall–Kier alpha value is -1.42. The number of nitrogens with two attached hydrogens (primary N) is 1. The molecular formula is C14H21FN2O. The highest BCUT2D eigenvalue weighted by molar-refractivity contribution is 5.87. The summed E-state index contributed by atoms with van der Waals surface area (Å²) in [5.41, 5.74) is 5.01. The van der Waals surface area contributed by atoms with E-state index < -0.39 is 5.41 Å². The van der Waals surface area contributed by atoms with E-state index in [9.17, 15) is 9.18 Å². The quantitative estimate of drug-likeness (QED) is 0.839. The number of hydrogen-bond donors (Lipinski definition) is 2. The van der Waals surface area contributed by atoms with Crippen LogP contribution in [0.25, 0.3) is 0 Å². The average molecular weight is 252 g/mol. The lowest BCUT2D eigenvalue weighted by atomic mass is 9.83. The summed E-state index contributed by atoms with van der Waals surface area (Å²) in [6, 6.07) is 6.35. The minimum Gasteiger partial charge on any atom is -0.355 e. The van der Waals surface area contributed by atoms with Crippen LogP contribution in [0.3, 0.4) is 0 Å². The van der Waals surface area contributed by atoms with Crippen LogP contribution in [0.5, 0.6) is 0 Å². The molecule has 0 radical (unpaired) electrons. The number of halogens is 1. The second-order valence-electron chi connectivity index (χ2n) is 5.16. The summed E-state index contributed by atoms with van der Waals surface area (Å²) in [6.45, 7) is 6.41. The summed E-state index contributed by atoms with van der Waals surface area (Å²) < 4.78 is 13.7. The number of benzene rings is 1. The summed E-state index contributed by atoms with van der Waals surface area (Å²) >= 11 is 0. The van der Waals surface area contributed by atoms with Gasteiger partial charge in [-0.25, -0.2) is 4.39 Å². The third-order valence-electron chi connectivity index (χ3n) is 3.13. The van der Waals surface area contributed by atoms with Crippen LogP contribution in [-0.2, 0) is 10.2 Å². The Morgan fingerprint density at radius 3 is 2.61 bits per heavy atom. The SMILES string of the molecule is CC(CN)CNC(=O)C(C)(C)c1ccccc1F. The maximum absolute atomic E-state index is 13.7. The van der Waals surface area contributed by atoms with Crippen molar-refractivity contribution < 1.29 is 9.18 Å². The van der Waals surface area contributed by atoms with Crippen molar-refractivity contribution in [2.24, 2.45) is 11.7 Å². The summed E-state index contributed by atoms with van der Waals surface area (Å²) in [5.74, 6) is -0.331. The molecule has 0 aliphatic heterocycles. The molecular weight excluding hydrogens is 231 g/mol. The molecule has 0 fully saturated rings. The molecule has 1 rings (SSSR count). The van der Waals surface area contributed by atoms with E-state index in [0.29, 0.717) is 18.7 Å². The Morgan fingerprint density at radius 2 is 2.06 bits per heavy atom. The van der Waals surface area contributed by atoms with E-state index in [1.54, 1.807) is 32.0 Å². The minimum atomic E-state index is -0.889. The monoisotopic (exact) mass is 252 g/mol. The molecule has 0 saturated heterocycles. The van der Waals surface area contributed by atoms with E-state index in [4.69, 9.17) is 5.73 Å². The van der Waals surface area contributed by atoms with Gasteiger partial charge in [-0.2, -0.15) is 0 Å². The van der Waals surface area contributed by atoms with E-state index in [2.05, 4.69) is 5.32 Å². The Morgan fingerprint density at radius 1 is 1.44 bits per heavy atom. The van der Waals surface area contributed by atoms with Crippen molar-refractivity contribution in [3.8, 4) is 0 Å². The van der Waals surface area contributed by atoms with Gasteiger partial charge in [0.1, 0.15) is 5.82 Å². The average Bonchev–Trinajstić information content (AvgIpc) is 2.35. The van der Waals surface area contributed by atoms with Gasteiger partial charge >= 0.3 is 0 Å². The first-order valence-electron chi connectivity index (χ1n) is 6.13. The van der Waals surface area contributed by atoms with Gasteiger partial charge in [-0.3, -0.25) is 4.79 Å². The zero-order valence-corrected chi connectivity index (χ0v) is 11.2. The molecule has 4 heteroatoms. The van der Waals surface area contributed by atoms with E-state index in [0.717, 1.165) is 0 Å². The highest BCUT2D eigenvalue weighted by atomic mass is 19.1. The van der Waals surface area contributed by atoms with E-state index >= 15 is 0 Å². The molecule has 1 unspecified atom stereocenters. The second kappa shape index (κ2) is 5.96. The molecule has 0 spiro atoms. The van der Waals surface area contributed by atoms with Gasteiger partial charge in [0.15, 0.2) is 0 Å². The molecule has 0 heterocycles. The lowest BCUT2D eigenvalue weighted by Gasteiger charge is -2.25. The normalized spacial score (nSPS) is 13.2. The molecule has 1 aromatic carbocycles. The molecule has 100 valence electrons. The maximum Gasteiger partial charge on any atom is 0.230 e. The number of amides is 1. The molecule has 0 aromatic heterocycles. The van der Waals surface area contributed by atoms with E-state index in [-0.39, 0.29) is 17.6 Å². The second-order valence-corrected chi connectivity index (χ2v) is 5.16. The minimum absolute atomic E-state index is 0.187. The van der Waals surface area contributed by atoms with Crippen LogP contribution >= 0.6 is 0 Å². The molecule has 1 atom stereocenters. The van der Waals surface area contributed by atoms with Crippen LogP contribution < -0.4 is 11.1 Å². The fourth-order valence-corrected chi connectivity index (χ4v) is 1.66. The van der Waals surface area contributed by atoms with Gasteiger partial charge in [0.25, 0.3) is 0 Å². The summed E-state index contributed by atoms with van der Waals surface area (Å²) in [4.78, 5) is 12.1. The first-order chi connectivity index (χ1) is 8.39. The van der Waals surface area contributed by atoms with Gasteiger partial charge in [-0.1, -0.05) is 25.1 Å². The van der Waals surface area contributed by atoms with Crippen molar-refractivity contribution >= 4 is 5.91 Å². The van der Waals surface area contributed by atoms with Crippen molar-refractivity contribution in [3.05, 3.63) is 35.6 Å². The summed E-state index contributed by atoms with van der Waals surface area (Å²) in [7, 11) is 0. The predicted octanol–water partition coefficient (Wildman–Crippen LogP) is 1.81. The number of hydrogen-bond acceptors (Lipinski definition) is 2. The topological polar surface area (TPSA) is 55.1 Å². The lowest BCUT2D eigenvalue weighted by Crippen LogP contribution is -2.43. The van der Waals surface area contributed by atoms with Crippen LogP contribution in [0.1, 0.15) is 26.3 Å². The summed E-state index contributed by atoms with van der Waals surface area (Å²) in [5, 5.41) is 2.81. The highest BCUT2D eigenvalue weighted by Gasteiger charge is 2.32. The molecule has 18 heavy (non-hydrogen) atoms. The third kappa shape index (κ3) is 3.29. The smallest absolute Gasteiger partial charge is 0.230 e. The van der Waals surface area contributed by atoms with Gasteiger partial charge in [0.2, 0.25) is 5.91 Å². The van der Waals surface area contributed by atoms with Gasteiger partial charge < -0.3 is 11.1 Å². The first-order valence-corrected chi connectivity index (χ1v) is 6.13. The van der Waals surface area contributed by atoms with Gasteiger partial charge in [-0.05, 0) is 32.4 Å². The zero-order valence-electron chi connectivity index (χ0n) is 11.2. The van der Waals surface area contributed by atoms with Crippen LogP contribution in [0.15, 0.2) is 24.3 Å². The Balaban J connectivity index is 2.80. The predicted molar refractivity (Wildman–Crippen MR) is 70.7 cm³/mol. The number of carbonyl (C=O) groups excluding carboxylic acids is 1. The molecule has 0 saturated carbocycles. The van der Waals surface area contributed by atoms with Gasteiger partial charge in [-0.15, -0.1) is 0 Å². The Labute approximate surface area is 108 Å². The van der Waals surface area contributed by atoms with Crippen LogP contribution in [0.4, 0.5) is 4.39 Å². The van der Waals surface area contributed by atoms with Gasteiger partial charge in [0, 0.05) is 12.1 Å². The molecule has 0 bridgehead atoms. The lowest BCUT2D eigenvalue weighted by molar-refractivity contribution is -0.125. The number of rotatable bonds is 5. The molecule has 1 amide bonds. The van der Waals surface area contributed by atoms with Crippen molar-refractivity contribution in [1.29, 1.82) is 0 Å². The fourth-order valence-electron chi connectivity index (χ4n) is 1.66. The first kappa shape index (κ1) is 14.6. The zero-order chi connectivity index (χ0) is 13.8. The van der Waals surface area contributed by atoms with Crippen LogP contribution in [0, 0.1) is 11.7 Å². The molecule has 3 N–H and O–H groups in total. The number of carbonyl (C=O) groups is 1. The van der Waals surface area contributed by atoms with Gasteiger partial charge in [0.05, 0.1) is 5.41 Å². The van der Waals surface area contributed by atoms with Crippen molar-refractivity contribution in [2.45, 2.75) is 26.2 Å². The maximum atomic E-state index is 13.7. The molecule has 0 aliphatic rings. The fraction of sp³-hybridized carbons (Fsp3) is 0.500. The largest absolute Gasteiger partial charge is 0.355 e. The molecule has 3 nitrogen and oxygen atoms in total. The van der Waals surface area contributed by atoms with E-state index in [1.165, 1.54) is 6.07 Å². The Kier molecular flexibility index (Phi) is 4.84. The summed E-state index contributed by atoms with van der Waals surface area (Å²) in [6.07, 6.45) is 0. The van der Waals surface area contributed by atoms with E-state index in [1.807, 2.05) is 6.92 Å². The molecule has 1 aromatic rings. The highest BCUT2D eigenvalue weighted by Crippen LogP contribution is 2.25. The van der Waals surface area contributed by atoms with Crippen molar-refractivity contribution in [3.63, 3.8) is 0 Å². The standard InChI is InChI=1S/C14H21FN2O/c1-10(8-16)9-17-13(18)14(2,3)11-6-4-5-7-12(11)15/h4-7,10H,8-9,16H2,1-3H3,(H,17,18). The van der Waals surface area contributed by atoms with Crippen LogP contribution in [-0.4, -0.2) is 19.0 Å².